The fraction of sp³-hybridized carbons (Fsp3) is 0.440. The molecular weight excluding hydrogens is 360 g/mol. The second-order valence-corrected chi connectivity index (χ2v) is 8.35. The largest absolute Gasteiger partial charge is 0.348 e. The highest BCUT2D eigenvalue weighted by atomic mass is 16.2. The molecule has 0 heterocycles. The first-order chi connectivity index (χ1) is 14.2. The fourth-order valence-electron chi connectivity index (χ4n) is 4.75. The van der Waals surface area contributed by atoms with Crippen molar-refractivity contribution in [1.82, 2.24) is 10.6 Å². The average Bonchev–Trinajstić information content (AvgIpc) is 2.78. The molecule has 2 aromatic carbocycles. The Bertz CT molecular complexity index is 853. The van der Waals surface area contributed by atoms with Crippen LogP contribution in [0, 0.1) is 0 Å². The number of hydrogen-bond donors (Lipinski definition) is 2. The van der Waals surface area contributed by atoms with E-state index in [2.05, 4.69) is 34.9 Å². The van der Waals surface area contributed by atoms with Crippen LogP contribution in [0.4, 0.5) is 0 Å². The normalized spacial score (nSPS) is 19.2. The third-order valence-electron chi connectivity index (χ3n) is 6.36. The van der Waals surface area contributed by atoms with Gasteiger partial charge in [0.1, 0.15) is 0 Å². The van der Waals surface area contributed by atoms with E-state index in [0.29, 0.717) is 11.5 Å². The van der Waals surface area contributed by atoms with E-state index in [4.69, 9.17) is 0 Å². The van der Waals surface area contributed by atoms with Crippen LogP contribution in [0.5, 0.6) is 0 Å². The van der Waals surface area contributed by atoms with Gasteiger partial charge in [0.05, 0.1) is 12.6 Å². The van der Waals surface area contributed by atoms with Gasteiger partial charge in [-0.3, -0.25) is 9.59 Å². The zero-order valence-corrected chi connectivity index (χ0v) is 17.0. The third-order valence-corrected chi connectivity index (χ3v) is 6.36. The molecule has 2 N–H and O–H groups in total. The highest BCUT2D eigenvalue weighted by Crippen LogP contribution is 2.32. The van der Waals surface area contributed by atoms with Gasteiger partial charge in [0.2, 0.25) is 5.91 Å². The number of aryl methyl sites for hydroxylation is 1. The molecule has 0 spiro atoms. The Morgan fingerprint density at radius 1 is 0.862 bits per heavy atom. The minimum Gasteiger partial charge on any atom is -0.348 e. The third kappa shape index (κ3) is 4.87. The Morgan fingerprint density at radius 3 is 2.41 bits per heavy atom. The zero-order valence-electron chi connectivity index (χ0n) is 17.0. The SMILES string of the molecule is O=C(CNC(=O)c1ccc(C2CCCCC2)cc1)NC1CCCc2ccccc21. The molecule has 1 fully saturated rings. The minimum absolute atomic E-state index is 0.00186. The van der Waals surface area contributed by atoms with Crippen LogP contribution in [-0.2, 0) is 11.2 Å². The molecule has 0 aromatic heterocycles. The number of nitrogens with one attached hydrogen (secondary N) is 2. The number of benzene rings is 2. The number of carbonyl (C=O) groups is 2. The molecule has 1 atom stereocenters. The maximum atomic E-state index is 12.4. The van der Waals surface area contributed by atoms with Crippen molar-refractivity contribution in [3.8, 4) is 0 Å². The van der Waals surface area contributed by atoms with E-state index >= 15 is 0 Å². The Kier molecular flexibility index (Phi) is 6.28. The summed E-state index contributed by atoms with van der Waals surface area (Å²) in [5.74, 6) is 0.295. The molecule has 4 heteroatoms. The van der Waals surface area contributed by atoms with Crippen molar-refractivity contribution in [2.24, 2.45) is 0 Å². The summed E-state index contributed by atoms with van der Waals surface area (Å²) in [4.78, 5) is 24.8. The first-order valence-electron chi connectivity index (χ1n) is 11.0. The van der Waals surface area contributed by atoms with Crippen molar-refractivity contribution in [1.29, 1.82) is 0 Å². The van der Waals surface area contributed by atoms with Crippen molar-refractivity contribution in [2.45, 2.75) is 63.3 Å². The molecule has 0 saturated heterocycles. The zero-order chi connectivity index (χ0) is 20.1. The van der Waals surface area contributed by atoms with E-state index in [9.17, 15) is 9.59 Å². The molecule has 2 aromatic rings. The van der Waals surface area contributed by atoms with Crippen LogP contribution in [-0.4, -0.2) is 18.4 Å². The second kappa shape index (κ2) is 9.25. The lowest BCUT2D eigenvalue weighted by Crippen LogP contribution is -2.39. The topological polar surface area (TPSA) is 58.2 Å². The summed E-state index contributed by atoms with van der Waals surface area (Å²) in [6.07, 6.45) is 9.51. The number of carbonyl (C=O) groups excluding carboxylic acids is 2. The molecule has 152 valence electrons. The summed E-state index contributed by atoms with van der Waals surface area (Å²) in [7, 11) is 0. The lowest BCUT2D eigenvalue weighted by Gasteiger charge is -2.26. The van der Waals surface area contributed by atoms with Crippen molar-refractivity contribution in [3.63, 3.8) is 0 Å². The molecule has 2 aliphatic carbocycles. The van der Waals surface area contributed by atoms with E-state index < -0.39 is 0 Å². The predicted octanol–water partition coefficient (Wildman–Crippen LogP) is 4.66. The van der Waals surface area contributed by atoms with E-state index in [1.54, 1.807) is 0 Å². The maximum absolute atomic E-state index is 12.4. The van der Waals surface area contributed by atoms with E-state index in [1.165, 1.54) is 48.8 Å². The van der Waals surface area contributed by atoms with Gasteiger partial charge in [-0.25, -0.2) is 0 Å². The Balaban J connectivity index is 1.29. The van der Waals surface area contributed by atoms with Crippen LogP contribution in [0.15, 0.2) is 48.5 Å². The molecule has 0 aliphatic heterocycles. The Morgan fingerprint density at radius 2 is 1.62 bits per heavy atom. The summed E-state index contributed by atoms with van der Waals surface area (Å²) in [6, 6.07) is 16.2. The van der Waals surface area contributed by atoms with E-state index in [0.717, 1.165) is 19.3 Å². The molecule has 4 rings (SSSR count). The monoisotopic (exact) mass is 390 g/mol. The molecule has 29 heavy (non-hydrogen) atoms. The quantitative estimate of drug-likeness (QED) is 0.780. The van der Waals surface area contributed by atoms with Crippen LogP contribution in [0.1, 0.15) is 84.0 Å². The summed E-state index contributed by atoms with van der Waals surface area (Å²) in [6.45, 7) is 0.00186. The Hall–Kier alpha value is -2.62. The lowest BCUT2D eigenvalue weighted by atomic mass is 9.84. The van der Waals surface area contributed by atoms with Crippen molar-refractivity contribution < 1.29 is 9.59 Å². The summed E-state index contributed by atoms with van der Waals surface area (Å²) < 4.78 is 0. The van der Waals surface area contributed by atoms with Gasteiger partial charge in [-0.15, -0.1) is 0 Å². The highest BCUT2D eigenvalue weighted by Gasteiger charge is 2.21. The summed E-state index contributed by atoms with van der Waals surface area (Å²) >= 11 is 0. The van der Waals surface area contributed by atoms with Gasteiger partial charge in [0.25, 0.3) is 5.91 Å². The van der Waals surface area contributed by atoms with Crippen LogP contribution in [0.2, 0.25) is 0 Å². The van der Waals surface area contributed by atoms with Crippen LogP contribution < -0.4 is 10.6 Å². The van der Waals surface area contributed by atoms with Crippen molar-refractivity contribution in [2.75, 3.05) is 6.54 Å². The number of rotatable bonds is 5. The van der Waals surface area contributed by atoms with Crippen LogP contribution in [0.3, 0.4) is 0 Å². The van der Waals surface area contributed by atoms with Crippen LogP contribution >= 0.6 is 0 Å². The van der Waals surface area contributed by atoms with Gasteiger partial charge in [0.15, 0.2) is 0 Å². The van der Waals surface area contributed by atoms with Gasteiger partial charge >= 0.3 is 0 Å². The molecular formula is C25H30N2O2. The molecule has 0 bridgehead atoms. The number of amides is 2. The average molecular weight is 391 g/mol. The minimum atomic E-state index is -0.195. The first-order valence-corrected chi connectivity index (χ1v) is 11.0. The standard InChI is InChI=1S/C25H30N2O2/c28-24(27-23-12-6-10-20-9-4-5-11-22(20)23)17-26-25(29)21-15-13-19(14-16-21)18-7-2-1-3-8-18/h4-5,9,11,13-16,18,23H,1-3,6-8,10,12,17H2,(H,26,29)(H,27,28). The summed E-state index contributed by atoms with van der Waals surface area (Å²) in [5.41, 5.74) is 4.46. The highest BCUT2D eigenvalue weighted by molar-refractivity contribution is 5.96. The molecule has 0 radical (unpaired) electrons. The van der Waals surface area contributed by atoms with Crippen molar-refractivity contribution >= 4 is 11.8 Å². The maximum Gasteiger partial charge on any atom is 0.251 e. The van der Waals surface area contributed by atoms with E-state index in [1.807, 2.05) is 24.3 Å². The molecule has 1 saturated carbocycles. The number of fused-ring (bicyclic) bond motifs is 1. The Labute approximate surface area is 173 Å². The van der Waals surface area contributed by atoms with Crippen molar-refractivity contribution in [3.05, 3.63) is 70.8 Å². The van der Waals surface area contributed by atoms with Gasteiger partial charge in [-0.1, -0.05) is 55.7 Å². The van der Waals surface area contributed by atoms with E-state index in [-0.39, 0.29) is 24.4 Å². The molecule has 1 unspecified atom stereocenters. The molecule has 2 amide bonds. The van der Waals surface area contributed by atoms with Gasteiger partial charge in [-0.2, -0.15) is 0 Å². The molecule has 4 nitrogen and oxygen atoms in total. The predicted molar refractivity (Wildman–Crippen MR) is 115 cm³/mol. The van der Waals surface area contributed by atoms with Gasteiger partial charge in [0, 0.05) is 5.56 Å². The number of hydrogen-bond acceptors (Lipinski definition) is 2. The lowest BCUT2D eigenvalue weighted by molar-refractivity contribution is -0.121. The smallest absolute Gasteiger partial charge is 0.251 e. The van der Waals surface area contributed by atoms with Gasteiger partial charge in [-0.05, 0) is 66.8 Å². The molecule has 2 aliphatic rings. The fourth-order valence-corrected chi connectivity index (χ4v) is 4.75. The van der Waals surface area contributed by atoms with Crippen LogP contribution in [0.25, 0.3) is 0 Å². The second-order valence-electron chi connectivity index (χ2n) is 8.35. The first kappa shape index (κ1) is 19.7. The summed E-state index contributed by atoms with van der Waals surface area (Å²) in [5, 5.41) is 5.84. The van der Waals surface area contributed by atoms with Gasteiger partial charge < -0.3 is 10.6 Å².